The maximum atomic E-state index is 11.8. The van der Waals surface area contributed by atoms with Crippen LogP contribution in [0.1, 0.15) is 30.8 Å². The molecule has 0 unspecified atom stereocenters. The number of urea groups is 1. The van der Waals surface area contributed by atoms with Gasteiger partial charge in [0, 0.05) is 48.7 Å². The average Bonchev–Trinajstić information content (AvgIpc) is 2.88. The Balaban J connectivity index is 1.50. The lowest BCUT2D eigenvalue weighted by molar-refractivity contribution is 0.0984. The Kier molecular flexibility index (Phi) is 6.90. The van der Waals surface area contributed by atoms with Crippen LogP contribution < -0.4 is 20.4 Å². The second-order valence-electron chi connectivity index (χ2n) is 9.02. The smallest absolute Gasteiger partial charge is 0.320 e. The van der Waals surface area contributed by atoms with Gasteiger partial charge in [0.15, 0.2) is 5.82 Å². The van der Waals surface area contributed by atoms with Gasteiger partial charge in [0.25, 0.3) is 0 Å². The van der Waals surface area contributed by atoms with Gasteiger partial charge in [0.1, 0.15) is 23.8 Å². The lowest BCUT2D eigenvalue weighted by Gasteiger charge is -2.38. The first kappa shape index (κ1) is 23.9. The van der Waals surface area contributed by atoms with Crippen molar-refractivity contribution in [1.82, 2.24) is 30.2 Å². The number of morpholine rings is 1. The quantitative estimate of drug-likeness (QED) is 0.557. The molecule has 11 nitrogen and oxygen atoms in total. The summed E-state index contributed by atoms with van der Waals surface area (Å²) in [6.45, 7) is 10.1. The van der Waals surface area contributed by atoms with Crippen molar-refractivity contribution in [2.24, 2.45) is 0 Å². The number of nitrogens with one attached hydrogen (secondary N) is 2. The fourth-order valence-corrected chi connectivity index (χ4v) is 4.55. The van der Waals surface area contributed by atoms with E-state index in [0.717, 1.165) is 48.1 Å². The third-order valence-corrected chi connectivity index (χ3v) is 6.40. The van der Waals surface area contributed by atoms with Crippen LogP contribution in [0.3, 0.4) is 0 Å². The Morgan fingerprint density at radius 2 is 2.08 bits per heavy atom. The SMILES string of the molecule is CCNC(=O)Nc1ccc(-c2nc3c(c(N4CCOC[C@@H]4C)n2)CCN(c2cc(C)ncn2)C3)cn1. The summed E-state index contributed by atoms with van der Waals surface area (Å²) in [5.74, 6) is 2.95. The fraction of sp³-hybridized carbons (Fsp3) is 0.440. The molecule has 3 aromatic heterocycles. The third kappa shape index (κ3) is 5.06. The van der Waals surface area contributed by atoms with E-state index in [1.54, 1.807) is 18.6 Å². The largest absolute Gasteiger partial charge is 0.377 e. The standard InChI is InChI=1S/C25H31N9O2/c1-4-26-25(35)31-21-6-5-18(12-27-21)23-30-20-13-33(22-11-16(2)28-15-29-22)8-7-19(20)24(32-23)34-9-10-36-14-17(34)3/h5-6,11-12,15,17H,4,7-10,13-14H2,1-3H3,(H2,26,27,31,35)/t17-/m0/s1. The van der Waals surface area contributed by atoms with Crippen LogP contribution in [0.2, 0.25) is 0 Å². The van der Waals surface area contributed by atoms with Crippen molar-refractivity contribution in [2.75, 3.05) is 48.0 Å². The van der Waals surface area contributed by atoms with Crippen LogP contribution >= 0.6 is 0 Å². The van der Waals surface area contributed by atoms with Crippen molar-refractivity contribution in [2.45, 2.75) is 39.8 Å². The van der Waals surface area contributed by atoms with E-state index in [-0.39, 0.29) is 12.1 Å². The summed E-state index contributed by atoms with van der Waals surface area (Å²) in [6.07, 6.45) is 4.13. The minimum atomic E-state index is -0.286. The van der Waals surface area contributed by atoms with Gasteiger partial charge in [-0.2, -0.15) is 0 Å². The highest BCUT2D eigenvalue weighted by Gasteiger charge is 2.29. The van der Waals surface area contributed by atoms with Gasteiger partial charge < -0.3 is 19.9 Å². The molecule has 0 saturated carbocycles. The first-order valence-corrected chi connectivity index (χ1v) is 12.3. The van der Waals surface area contributed by atoms with Crippen molar-refractivity contribution < 1.29 is 9.53 Å². The summed E-state index contributed by atoms with van der Waals surface area (Å²) in [5.41, 5.74) is 3.89. The molecule has 188 valence electrons. The zero-order chi connectivity index (χ0) is 25.1. The second-order valence-corrected chi connectivity index (χ2v) is 9.02. The Morgan fingerprint density at radius 3 is 2.83 bits per heavy atom. The summed E-state index contributed by atoms with van der Waals surface area (Å²) in [6, 6.07) is 5.58. The number of anilines is 3. The van der Waals surface area contributed by atoms with Gasteiger partial charge >= 0.3 is 6.03 Å². The van der Waals surface area contributed by atoms with E-state index >= 15 is 0 Å². The van der Waals surface area contributed by atoms with E-state index < -0.39 is 0 Å². The zero-order valence-electron chi connectivity index (χ0n) is 20.9. The topological polar surface area (TPSA) is 121 Å². The van der Waals surface area contributed by atoms with Crippen LogP contribution in [-0.4, -0.2) is 69.8 Å². The molecule has 0 radical (unpaired) electrons. The molecule has 36 heavy (non-hydrogen) atoms. The molecule has 0 aliphatic carbocycles. The maximum absolute atomic E-state index is 11.8. The summed E-state index contributed by atoms with van der Waals surface area (Å²) in [4.78, 5) is 39.5. The fourth-order valence-electron chi connectivity index (χ4n) is 4.55. The highest BCUT2D eigenvalue weighted by Crippen LogP contribution is 2.32. The maximum Gasteiger partial charge on any atom is 0.320 e. The molecule has 2 aliphatic rings. The summed E-state index contributed by atoms with van der Waals surface area (Å²) >= 11 is 0. The molecule has 5 heterocycles. The molecule has 2 N–H and O–H groups in total. The lowest BCUT2D eigenvalue weighted by atomic mass is 10.0. The minimum Gasteiger partial charge on any atom is -0.377 e. The molecule has 1 saturated heterocycles. The van der Waals surface area contributed by atoms with Crippen LogP contribution in [0, 0.1) is 6.92 Å². The van der Waals surface area contributed by atoms with Crippen LogP contribution in [0.4, 0.5) is 22.2 Å². The molecule has 11 heteroatoms. The molecule has 1 atom stereocenters. The molecule has 1 fully saturated rings. The van der Waals surface area contributed by atoms with Gasteiger partial charge in [-0.25, -0.2) is 29.7 Å². The van der Waals surface area contributed by atoms with Crippen molar-refractivity contribution in [3.05, 3.63) is 47.7 Å². The molecule has 2 amide bonds. The molecular formula is C25H31N9O2. The molecule has 2 aliphatic heterocycles. The van der Waals surface area contributed by atoms with Gasteiger partial charge in [0.05, 0.1) is 31.5 Å². The number of hydrogen-bond donors (Lipinski definition) is 2. The van der Waals surface area contributed by atoms with Crippen LogP contribution in [-0.2, 0) is 17.7 Å². The number of aryl methyl sites for hydroxylation is 1. The average molecular weight is 490 g/mol. The molecule has 5 rings (SSSR count). The highest BCUT2D eigenvalue weighted by atomic mass is 16.5. The van der Waals surface area contributed by atoms with E-state index in [4.69, 9.17) is 14.7 Å². The predicted octanol–water partition coefficient (Wildman–Crippen LogP) is 2.57. The molecular weight excluding hydrogens is 458 g/mol. The van der Waals surface area contributed by atoms with Gasteiger partial charge in [-0.05, 0) is 39.3 Å². The van der Waals surface area contributed by atoms with Crippen molar-refractivity contribution in [3.8, 4) is 11.4 Å². The molecule has 0 spiro atoms. The predicted molar refractivity (Wildman–Crippen MR) is 137 cm³/mol. The number of pyridine rings is 1. The van der Waals surface area contributed by atoms with Crippen molar-refractivity contribution >= 4 is 23.5 Å². The number of nitrogens with zero attached hydrogens (tertiary/aromatic N) is 7. The first-order chi connectivity index (χ1) is 17.5. The van der Waals surface area contributed by atoms with E-state index in [0.29, 0.717) is 37.9 Å². The Labute approximate surface area is 210 Å². The minimum absolute atomic E-state index is 0.218. The zero-order valence-corrected chi connectivity index (χ0v) is 20.9. The summed E-state index contributed by atoms with van der Waals surface area (Å²) in [7, 11) is 0. The number of carbonyl (C=O) groups is 1. The Hall–Kier alpha value is -3.86. The Bertz CT molecular complexity index is 1230. The molecule has 3 aromatic rings. The van der Waals surface area contributed by atoms with Gasteiger partial charge in [-0.1, -0.05) is 0 Å². The molecule has 0 bridgehead atoms. The van der Waals surface area contributed by atoms with Crippen LogP contribution in [0.25, 0.3) is 11.4 Å². The number of ether oxygens (including phenoxy) is 1. The highest BCUT2D eigenvalue weighted by molar-refractivity contribution is 5.88. The van der Waals surface area contributed by atoms with E-state index in [2.05, 4.69) is 42.3 Å². The Morgan fingerprint density at radius 1 is 1.19 bits per heavy atom. The third-order valence-electron chi connectivity index (χ3n) is 6.40. The number of fused-ring (bicyclic) bond motifs is 1. The number of carbonyl (C=O) groups excluding carboxylic acids is 1. The molecule has 0 aromatic carbocycles. The van der Waals surface area contributed by atoms with Gasteiger partial charge in [-0.3, -0.25) is 5.32 Å². The van der Waals surface area contributed by atoms with Crippen molar-refractivity contribution in [3.63, 3.8) is 0 Å². The lowest BCUT2D eigenvalue weighted by Crippen LogP contribution is -2.45. The normalized spacial score (nSPS) is 17.5. The first-order valence-electron chi connectivity index (χ1n) is 12.3. The number of amides is 2. The van der Waals surface area contributed by atoms with E-state index in [1.165, 1.54) is 5.56 Å². The number of rotatable bonds is 5. The van der Waals surface area contributed by atoms with Gasteiger partial charge in [0.2, 0.25) is 0 Å². The van der Waals surface area contributed by atoms with Crippen LogP contribution in [0.5, 0.6) is 0 Å². The second kappa shape index (κ2) is 10.4. The monoisotopic (exact) mass is 489 g/mol. The van der Waals surface area contributed by atoms with E-state index in [9.17, 15) is 4.79 Å². The van der Waals surface area contributed by atoms with Crippen LogP contribution in [0.15, 0.2) is 30.7 Å². The van der Waals surface area contributed by atoms with Gasteiger partial charge in [-0.15, -0.1) is 0 Å². The summed E-state index contributed by atoms with van der Waals surface area (Å²) < 4.78 is 5.68. The van der Waals surface area contributed by atoms with E-state index in [1.807, 2.05) is 26.0 Å². The summed E-state index contributed by atoms with van der Waals surface area (Å²) in [5, 5.41) is 5.43. The number of hydrogen-bond acceptors (Lipinski definition) is 9. The number of aromatic nitrogens is 5. The van der Waals surface area contributed by atoms with Crippen molar-refractivity contribution in [1.29, 1.82) is 0 Å².